The molecule has 0 bridgehead atoms. The molecule has 1 aromatic rings. The van der Waals surface area contributed by atoms with Crippen LogP contribution >= 0.6 is 0 Å². The van der Waals surface area contributed by atoms with Crippen molar-refractivity contribution in [3.63, 3.8) is 0 Å². The Hall–Kier alpha value is -0.870. The molecule has 0 spiro atoms. The van der Waals surface area contributed by atoms with Gasteiger partial charge < -0.3 is 15.6 Å². The highest BCUT2D eigenvalue weighted by Crippen LogP contribution is 2.05. The first-order valence-corrected chi connectivity index (χ1v) is 5.37. The van der Waals surface area contributed by atoms with Crippen LogP contribution in [0.5, 0.6) is 0 Å². The highest BCUT2D eigenvalue weighted by molar-refractivity contribution is 4.86. The maximum atomic E-state index is 4.16. The van der Waals surface area contributed by atoms with Crippen LogP contribution in [0, 0.1) is 0 Å². The molecule has 0 amide bonds. The molecule has 1 atom stereocenters. The van der Waals surface area contributed by atoms with Crippen molar-refractivity contribution in [3.05, 3.63) is 18.2 Å². The quantitative estimate of drug-likeness (QED) is 0.659. The maximum absolute atomic E-state index is 4.16. The molecule has 2 rings (SSSR count). The largest absolute Gasteiger partial charge is 0.348 e. The summed E-state index contributed by atoms with van der Waals surface area (Å²) in [7, 11) is 0. The van der Waals surface area contributed by atoms with Crippen molar-refractivity contribution in [3.8, 4) is 0 Å². The van der Waals surface area contributed by atoms with Crippen molar-refractivity contribution in [1.29, 1.82) is 0 Å². The Labute approximate surface area is 84.5 Å². The number of nitrogens with zero attached hydrogens (tertiary/aromatic N) is 1. The number of aromatic nitrogens is 2. The van der Waals surface area contributed by atoms with Gasteiger partial charge in [-0.2, -0.15) is 0 Å². The minimum absolute atomic E-state index is 0.652. The van der Waals surface area contributed by atoms with Gasteiger partial charge in [-0.1, -0.05) is 6.42 Å². The number of hydrogen-bond acceptors (Lipinski definition) is 3. The van der Waals surface area contributed by atoms with Gasteiger partial charge in [0.05, 0.1) is 6.54 Å². The van der Waals surface area contributed by atoms with Gasteiger partial charge in [-0.25, -0.2) is 4.98 Å². The lowest BCUT2D eigenvalue weighted by atomic mass is 10.1. The number of piperidine rings is 1. The van der Waals surface area contributed by atoms with Gasteiger partial charge in [0.15, 0.2) is 0 Å². The van der Waals surface area contributed by atoms with Crippen LogP contribution in [0.2, 0.25) is 0 Å². The molecule has 2 heterocycles. The zero-order chi connectivity index (χ0) is 9.64. The normalized spacial score (nSPS) is 22.4. The van der Waals surface area contributed by atoms with E-state index < -0.39 is 0 Å². The van der Waals surface area contributed by atoms with Crippen LogP contribution in [0.15, 0.2) is 12.4 Å². The Morgan fingerprint density at radius 1 is 1.50 bits per heavy atom. The van der Waals surface area contributed by atoms with Crippen molar-refractivity contribution >= 4 is 0 Å². The Morgan fingerprint density at radius 3 is 3.21 bits per heavy atom. The van der Waals surface area contributed by atoms with E-state index in [9.17, 15) is 0 Å². The number of rotatable bonds is 4. The van der Waals surface area contributed by atoms with Crippen molar-refractivity contribution in [2.24, 2.45) is 0 Å². The lowest BCUT2D eigenvalue weighted by molar-refractivity contribution is 0.382. The van der Waals surface area contributed by atoms with Gasteiger partial charge in [0.1, 0.15) is 5.82 Å². The van der Waals surface area contributed by atoms with E-state index in [-0.39, 0.29) is 0 Å². The number of nitrogens with one attached hydrogen (secondary N) is 3. The molecule has 1 aliphatic rings. The minimum atomic E-state index is 0.652. The summed E-state index contributed by atoms with van der Waals surface area (Å²) >= 11 is 0. The van der Waals surface area contributed by atoms with Crippen molar-refractivity contribution < 1.29 is 0 Å². The molecular weight excluding hydrogens is 176 g/mol. The van der Waals surface area contributed by atoms with Crippen LogP contribution in [0.25, 0.3) is 0 Å². The van der Waals surface area contributed by atoms with Gasteiger partial charge in [0.25, 0.3) is 0 Å². The summed E-state index contributed by atoms with van der Waals surface area (Å²) in [5.41, 5.74) is 0. The molecule has 4 nitrogen and oxygen atoms in total. The summed E-state index contributed by atoms with van der Waals surface area (Å²) in [4.78, 5) is 7.24. The molecule has 14 heavy (non-hydrogen) atoms. The lowest BCUT2D eigenvalue weighted by Gasteiger charge is -2.23. The van der Waals surface area contributed by atoms with Gasteiger partial charge in [0.2, 0.25) is 0 Å². The van der Waals surface area contributed by atoms with Gasteiger partial charge in [0, 0.05) is 25.0 Å². The van der Waals surface area contributed by atoms with Crippen LogP contribution in [0.1, 0.15) is 25.1 Å². The molecule has 1 unspecified atom stereocenters. The summed E-state index contributed by atoms with van der Waals surface area (Å²) in [5.74, 6) is 1.01. The van der Waals surface area contributed by atoms with Crippen LogP contribution in [0.3, 0.4) is 0 Å². The summed E-state index contributed by atoms with van der Waals surface area (Å²) < 4.78 is 0. The van der Waals surface area contributed by atoms with Crippen molar-refractivity contribution in [1.82, 2.24) is 20.6 Å². The summed E-state index contributed by atoms with van der Waals surface area (Å²) in [6.07, 6.45) is 7.63. The fourth-order valence-electron chi connectivity index (χ4n) is 1.86. The Kier molecular flexibility index (Phi) is 3.54. The Balaban J connectivity index is 1.62. The standard InChI is InChI=1S/C10H18N4/c1-2-4-12-9(3-1)7-11-8-10-13-5-6-14-10/h5-6,9,11-12H,1-4,7-8H2,(H,13,14). The number of H-pyrrole nitrogens is 1. The predicted molar refractivity (Wildman–Crippen MR) is 55.9 cm³/mol. The third kappa shape index (κ3) is 2.82. The molecule has 0 aromatic carbocycles. The van der Waals surface area contributed by atoms with Crippen LogP contribution in [-0.4, -0.2) is 29.1 Å². The SMILES string of the molecule is c1c[nH]c(CNCC2CCCCN2)n1. The zero-order valence-corrected chi connectivity index (χ0v) is 8.42. The summed E-state index contributed by atoms with van der Waals surface area (Å²) in [6.45, 7) is 3.05. The predicted octanol–water partition coefficient (Wildman–Crippen LogP) is 0.641. The van der Waals surface area contributed by atoms with E-state index in [0.29, 0.717) is 6.04 Å². The summed E-state index contributed by atoms with van der Waals surface area (Å²) in [6, 6.07) is 0.652. The molecule has 0 aliphatic carbocycles. The molecule has 1 saturated heterocycles. The second-order valence-corrected chi connectivity index (χ2v) is 3.81. The van der Waals surface area contributed by atoms with Crippen LogP contribution in [0.4, 0.5) is 0 Å². The molecule has 78 valence electrons. The first-order chi connectivity index (χ1) is 6.95. The molecule has 1 aliphatic heterocycles. The molecule has 1 fully saturated rings. The average molecular weight is 194 g/mol. The fraction of sp³-hybridized carbons (Fsp3) is 0.700. The lowest BCUT2D eigenvalue weighted by Crippen LogP contribution is -2.41. The van der Waals surface area contributed by atoms with Crippen LogP contribution < -0.4 is 10.6 Å². The fourth-order valence-corrected chi connectivity index (χ4v) is 1.86. The molecule has 3 N–H and O–H groups in total. The van der Waals surface area contributed by atoms with E-state index in [4.69, 9.17) is 0 Å². The molecule has 0 radical (unpaired) electrons. The topological polar surface area (TPSA) is 52.7 Å². The Bertz CT molecular complexity index is 239. The van der Waals surface area contributed by atoms with Crippen molar-refractivity contribution in [2.45, 2.75) is 31.8 Å². The second-order valence-electron chi connectivity index (χ2n) is 3.81. The number of aromatic amines is 1. The van der Waals surface area contributed by atoms with Crippen molar-refractivity contribution in [2.75, 3.05) is 13.1 Å². The highest BCUT2D eigenvalue weighted by Gasteiger charge is 2.11. The zero-order valence-electron chi connectivity index (χ0n) is 8.42. The monoisotopic (exact) mass is 194 g/mol. The van der Waals surface area contributed by atoms with Gasteiger partial charge in [-0.3, -0.25) is 0 Å². The van der Waals surface area contributed by atoms with E-state index >= 15 is 0 Å². The third-order valence-electron chi connectivity index (χ3n) is 2.65. The third-order valence-corrected chi connectivity index (χ3v) is 2.65. The molecule has 0 saturated carbocycles. The first-order valence-electron chi connectivity index (χ1n) is 5.37. The maximum Gasteiger partial charge on any atom is 0.120 e. The second kappa shape index (κ2) is 5.12. The Morgan fingerprint density at radius 2 is 2.50 bits per heavy atom. The summed E-state index contributed by atoms with van der Waals surface area (Å²) in [5, 5.41) is 6.91. The number of imidazole rings is 1. The van der Waals surface area contributed by atoms with E-state index in [1.807, 2.05) is 6.20 Å². The van der Waals surface area contributed by atoms with E-state index in [1.54, 1.807) is 6.20 Å². The van der Waals surface area contributed by atoms with E-state index in [1.165, 1.54) is 25.8 Å². The van der Waals surface area contributed by atoms with E-state index in [0.717, 1.165) is 18.9 Å². The molecular formula is C10H18N4. The van der Waals surface area contributed by atoms with Gasteiger partial charge >= 0.3 is 0 Å². The van der Waals surface area contributed by atoms with Crippen LogP contribution in [-0.2, 0) is 6.54 Å². The first kappa shape index (κ1) is 9.68. The molecule has 4 heteroatoms. The highest BCUT2D eigenvalue weighted by atomic mass is 15.0. The van der Waals surface area contributed by atoms with Gasteiger partial charge in [-0.05, 0) is 19.4 Å². The molecule has 1 aromatic heterocycles. The smallest absolute Gasteiger partial charge is 0.120 e. The van der Waals surface area contributed by atoms with E-state index in [2.05, 4.69) is 20.6 Å². The number of hydrogen-bond donors (Lipinski definition) is 3. The average Bonchev–Trinajstić information content (AvgIpc) is 2.72. The minimum Gasteiger partial charge on any atom is -0.348 e. The van der Waals surface area contributed by atoms with Gasteiger partial charge in [-0.15, -0.1) is 0 Å².